The van der Waals surface area contributed by atoms with E-state index in [2.05, 4.69) is 0 Å². The summed E-state index contributed by atoms with van der Waals surface area (Å²) < 4.78 is 27.7. The lowest BCUT2D eigenvalue weighted by Gasteiger charge is -2.42. The maximum atomic E-state index is 13.1. The zero-order valence-electron chi connectivity index (χ0n) is 20.8. The van der Waals surface area contributed by atoms with Crippen LogP contribution in [0.4, 0.5) is 0 Å². The first-order chi connectivity index (χ1) is 18.8. The van der Waals surface area contributed by atoms with Crippen molar-refractivity contribution in [3.8, 4) is 0 Å². The third kappa shape index (κ3) is 7.42. The van der Waals surface area contributed by atoms with Gasteiger partial charge in [0.2, 0.25) is 6.29 Å². The molecule has 0 amide bonds. The van der Waals surface area contributed by atoms with Gasteiger partial charge >= 0.3 is 23.9 Å². The number of rotatable bonds is 8. The molecule has 1 saturated heterocycles. The summed E-state index contributed by atoms with van der Waals surface area (Å²) in [7, 11) is 0. The van der Waals surface area contributed by atoms with Gasteiger partial charge in [-0.1, -0.05) is 77.2 Å². The molecule has 1 aliphatic rings. The number of hydrogen-bond donors (Lipinski definition) is 0. The first-order valence-electron chi connectivity index (χ1n) is 12.0. The van der Waals surface area contributed by atoms with Crippen LogP contribution in [0.15, 0.2) is 91.0 Å². The maximum absolute atomic E-state index is 13.1. The number of halogens is 1. The second-order valence-electron chi connectivity index (χ2n) is 8.53. The van der Waals surface area contributed by atoms with E-state index < -0.39 is 52.4 Å². The predicted molar refractivity (Wildman–Crippen MR) is 146 cm³/mol. The Balaban J connectivity index is 1.64. The van der Waals surface area contributed by atoms with E-state index in [1.165, 1.54) is 6.92 Å². The van der Waals surface area contributed by atoms with Crippen molar-refractivity contribution < 1.29 is 42.9 Å². The van der Waals surface area contributed by atoms with Gasteiger partial charge in [-0.3, -0.25) is 4.79 Å². The van der Waals surface area contributed by atoms with E-state index in [-0.39, 0.29) is 17.7 Å². The zero-order valence-corrected chi connectivity index (χ0v) is 23.0. The standard InChI is InChI=1S/C29H25IO9/c1-18(31)36-29-23(30)25(39-28(34)21-15-9-4-10-16-21)24(38-27(33)20-13-7-3-8-14-20)22(37-29)17-35-26(32)19-11-5-2-6-12-19/h2-16,22-25,29H,17H2,1H3/t22-,23+,24-,25-,29+/m1/s1. The average Bonchev–Trinajstić information content (AvgIpc) is 2.96. The minimum Gasteiger partial charge on any atom is -0.459 e. The largest absolute Gasteiger partial charge is 0.459 e. The number of hydrogen-bond acceptors (Lipinski definition) is 9. The van der Waals surface area contributed by atoms with E-state index in [0.29, 0.717) is 5.56 Å². The summed E-state index contributed by atoms with van der Waals surface area (Å²) in [4.78, 5) is 50.6. The molecule has 0 aromatic heterocycles. The van der Waals surface area contributed by atoms with Crippen LogP contribution in [0, 0.1) is 0 Å². The molecule has 202 valence electrons. The third-order valence-corrected chi connectivity index (χ3v) is 7.04. The lowest BCUT2D eigenvalue weighted by molar-refractivity contribution is -0.243. The number of carbonyl (C=O) groups is 4. The monoisotopic (exact) mass is 644 g/mol. The molecule has 0 radical (unpaired) electrons. The van der Waals surface area contributed by atoms with Crippen LogP contribution >= 0.6 is 22.6 Å². The Hall–Kier alpha value is -3.77. The van der Waals surface area contributed by atoms with Gasteiger partial charge in [0.1, 0.15) is 16.6 Å². The number of alkyl halides is 1. The molecular formula is C29H25IO9. The zero-order chi connectivity index (χ0) is 27.8. The van der Waals surface area contributed by atoms with Crippen molar-refractivity contribution in [3.05, 3.63) is 108 Å². The topological polar surface area (TPSA) is 114 Å². The minimum absolute atomic E-state index is 0.262. The van der Waals surface area contributed by atoms with Gasteiger partial charge in [-0.05, 0) is 36.4 Å². The van der Waals surface area contributed by atoms with Crippen molar-refractivity contribution in [2.45, 2.75) is 35.5 Å². The molecule has 0 unspecified atom stereocenters. The van der Waals surface area contributed by atoms with E-state index in [9.17, 15) is 19.2 Å². The van der Waals surface area contributed by atoms with Crippen molar-refractivity contribution in [2.24, 2.45) is 0 Å². The van der Waals surface area contributed by atoms with Crippen LogP contribution in [-0.2, 0) is 28.5 Å². The van der Waals surface area contributed by atoms with Gasteiger partial charge in [-0.15, -0.1) is 0 Å². The fourth-order valence-corrected chi connectivity index (χ4v) is 4.76. The quantitative estimate of drug-likeness (QED) is 0.153. The first-order valence-corrected chi connectivity index (χ1v) is 13.3. The fourth-order valence-electron chi connectivity index (χ4n) is 3.89. The van der Waals surface area contributed by atoms with Crippen LogP contribution in [0.1, 0.15) is 38.0 Å². The van der Waals surface area contributed by atoms with E-state index >= 15 is 0 Å². The molecular weight excluding hydrogens is 619 g/mol. The Bertz CT molecular complexity index is 1280. The van der Waals surface area contributed by atoms with Crippen molar-refractivity contribution in [1.82, 2.24) is 0 Å². The summed E-state index contributed by atoms with van der Waals surface area (Å²) >= 11 is 1.93. The normalized spacial score (nSPS) is 22.3. The summed E-state index contributed by atoms with van der Waals surface area (Å²) in [6.45, 7) is 0.838. The molecule has 5 atom stereocenters. The van der Waals surface area contributed by atoms with Gasteiger partial charge < -0.3 is 23.7 Å². The van der Waals surface area contributed by atoms with Crippen LogP contribution in [-0.4, -0.2) is 59.0 Å². The minimum atomic E-state index is -1.21. The molecule has 3 aromatic carbocycles. The Morgan fingerprint density at radius 3 is 1.56 bits per heavy atom. The highest BCUT2D eigenvalue weighted by atomic mass is 127. The molecule has 0 spiro atoms. The fraction of sp³-hybridized carbons (Fsp3) is 0.241. The molecule has 0 saturated carbocycles. The highest BCUT2D eigenvalue weighted by Crippen LogP contribution is 2.33. The Labute approximate surface area is 238 Å². The second-order valence-corrected chi connectivity index (χ2v) is 9.97. The molecule has 9 nitrogen and oxygen atoms in total. The number of carbonyl (C=O) groups excluding carboxylic acids is 4. The summed E-state index contributed by atoms with van der Waals surface area (Å²) in [5.74, 6) is -2.63. The van der Waals surface area contributed by atoms with E-state index in [0.717, 1.165) is 0 Å². The Morgan fingerprint density at radius 1 is 0.667 bits per heavy atom. The molecule has 4 rings (SSSR count). The molecule has 0 bridgehead atoms. The number of benzene rings is 3. The van der Waals surface area contributed by atoms with Crippen molar-refractivity contribution in [1.29, 1.82) is 0 Å². The molecule has 1 fully saturated rings. The van der Waals surface area contributed by atoms with Crippen LogP contribution in [0.25, 0.3) is 0 Å². The van der Waals surface area contributed by atoms with E-state index in [1.807, 2.05) is 22.6 Å². The maximum Gasteiger partial charge on any atom is 0.338 e. The number of ether oxygens (including phenoxy) is 5. The van der Waals surface area contributed by atoms with Gasteiger partial charge in [0.25, 0.3) is 0 Å². The smallest absolute Gasteiger partial charge is 0.338 e. The van der Waals surface area contributed by atoms with Gasteiger partial charge in [0, 0.05) is 6.92 Å². The molecule has 3 aromatic rings. The highest BCUT2D eigenvalue weighted by Gasteiger charge is 2.51. The summed E-state index contributed by atoms with van der Waals surface area (Å²) in [5, 5.41) is 0. The SMILES string of the molecule is CC(=O)O[C@H]1O[C@H](COC(=O)c2ccccc2)[C@@H](OC(=O)c2ccccc2)[C@H](OC(=O)c2ccccc2)[C@@H]1I. The van der Waals surface area contributed by atoms with Gasteiger partial charge in [-0.25, -0.2) is 14.4 Å². The molecule has 0 aliphatic carbocycles. The molecule has 39 heavy (non-hydrogen) atoms. The molecule has 10 heteroatoms. The lowest BCUT2D eigenvalue weighted by Crippen LogP contribution is -2.60. The van der Waals surface area contributed by atoms with Crippen LogP contribution < -0.4 is 0 Å². The highest BCUT2D eigenvalue weighted by molar-refractivity contribution is 14.1. The summed E-state index contributed by atoms with van der Waals surface area (Å²) in [5.41, 5.74) is 0.844. The van der Waals surface area contributed by atoms with Gasteiger partial charge in [-0.2, -0.15) is 0 Å². The Kier molecular flexibility index (Phi) is 9.66. The van der Waals surface area contributed by atoms with E-state index in [1.54, 1.807) is 91.0 Å². The van der Waals surface area contributed by atoms with Crippen LogP contribution in [0.3, 0.4) is 0 Å². The molecule has 1 heterocycles. The third-order valence-electron chi connectivity index (χ3n) is 5.75. The van der Waals surface area contributed by atoms with Crippen LogP contribution in [0.5, 0.6) is 0 Å². The van der Waals surface area contributed by atoms with Crippen molar-refractivity contribution >= 4 is 46.5 Å². The lowest BCUT2D eigenvalue weighted by atomic mass is 10.0. The number of esters is 4. The van der Waals surface area contributed by atoms with Crippen LogP contribution in [0.2, 0.25) is 0 Å². The summed E-state index contributed by atoms with van der Waals surface area (Å²) in [6, 6.07) is 24.9. The van der Waals surface area contributed by atoms with Gasteiger partial charge in [0.15, 0.2) is 12.2 Å². The van der Waals surface area contributed by atoms with E-state index in [4.69, 9.17) is 23.7 Å². The Morgan fingerprint density at radius 2 is 1.10 bits per heavy atom. The second kappa shape index (κ2) is 13.3. The average molecular weight is 644 g/mol. The predicted octanol–water partition coefficient (Wildman–Crippen LogP) is 4.39. The van der Waals surface area contributed by atoms with Crippen molar-refractivity contribution in [2.75, 3.05) is 6.61 Å². The molecule has 0 N–H and O–H groups in total. The van der Waals surface area contributed by atoms with Crippen molar-refractivity contribution in [3.63, 3.8) is 0 Å². The molecule has 1 aliphatic heterocycles. The van der Waals surface area contributed by atoms with Gasteiger partial charge in [0.05, 0.1) is 16.7 Å². The first kappa shape index (κ1) is 28.2. The summed E-state index contributed by atoms with van der Waals surface area (Å²) in [6.07, 6.45) is -4.63.